The van der Waals surface area contributed by atoms with Crippen LogP contribution in [0.3, 0.4) is 0 Å². The molecule has 2 atom stereocenters. The molecule has 0 radical (unpaired) electrons. The lowest BCUT2D eigenvalue weighted by Crippen LogP contribution is -2.48. The molecule has 1 saturated heterocycles. The first-order valence-corrected chi connectivity index (χ1v) is 8.02. The van der Waals surface area contributed by atoms with E-state index in [1.54, 1.807) is 0 Å². The molecule has 2 aromatic rings. The second-order valence-corrected chi connectivity index (χ2v) is 6.22. The molecule has 112 valence electrons. The van der Waals surface area contributed by atoms with Gasteiger partial charge >= 0.3 is 0 Å². The average Bonchev–Trinajstić information content (AvgIpc) is 2.86. The third kappa shape index (κ3) is 3.39. The van der Waals surface area contributed by atoms with Crippen molar-refractivity contribution >= 4 is 28.8 Å². The van der Waals surface area contributed by atoms with Gasteiger partial charge in [0.15, 0.2) is 5.58 Å². The Kier molecular flexibility index (Phi) is 4.17. The molecular formula is C15H18N2O3S. The van der Waals surface area contributed by atoms with Crippen molar-refractivity contribution < 1.29 is 13.9 Å². The number of hydrogen-bond donors (Lipinski definition) is 0. The van der Waals surface area contributed by atoms with Crippen LogP contribution in [-0.2, 0) is 9.53 Å². The van der Waals surface area contributed by atoms with Gasteiger partial charge in [0.25, 0.3) is 5.22 Å². The number of rotatable bonds is 3. The molecule has 1 aromatic carbocycles. The molecule has 0 unspecified atom stereocenters. The molecule has 0 aliphatic carbocycles. The molecule has 0 spiro atoms. The summed E-state index contributed by atoms with van der Waals surface area (Å²) in [6, 6.07) is 7.60. The predicted molar refractivity (Wildman–Crippen MR) is 81.3 cm³/mol. The lowest BCUT2D eigenvalue weighted by atomic mass is 10.2. The topological polar surface area (TPSA) is 55.6 Å². The maximum absolute atomic E-state index is 12.3. The van der Waals surface area contributed by atoms with Gasteiger partial charge in [0.2, 0.25) is 5.91 Å². The van der Waals surface area contributed by atoms with E-state index in [1.807, 2.05) is 43.0 Å². The Labute approximate surface area is 127 Å². The van der Waals surface area contributed by atoms with Crippen LogP contribution in [-0.4, -0.2) is 46.8 Å². The maximum Gasteiger partial charge on any atom is 0.257 e. The van der Waals surface area contributed by atoms with E-state index in [-0.39, 0.29) is 18.1 Å². The lowest BCUT2D eigenvalue weighted by Gasteiger charge is -2.35. The second kappa shape index (κ2) is 6.07. The summed E-state index contributed by atoms with van der Waals surface area (Å²) in [6.45, 7) is 5.28. The Hall–Kier alpha value is -1.53. The number of para-hydroxylation sites is 2. The second-order valence-electron chi connectivity index (χ2n) is 5.29. The summed E-state index contributed by atoms with van der Waals surface area (Å²) in [5.41, 5.74) is 1.57. The molecule has 1 aromatic heterocycles. The zero-order valence-electron chi connectivity index (χ0n) is 12.1. The third-order valence-corrected chi connectivity index (χ3v) is 4.18. The normalized spacial score (nSPS) is 22.7. The molecule has 21 heavy (non-hydrogen) atoms. The van der Waals surface area contributed by atoms with Gasteiger partial charge in [0, 0.05) is 13.1 Å². The smallest absolute Gasteiger partial charge is 0.257 e. The van der Waals surface area contributed by atoms with Crippen molar-refractivity contribution in [1.29, 1.82) is 0 Å². The van der Waals surface area contributed by atoms with Gasteiger partial charge in [0.05, 0.1) is 18.0 Å². The summed E-state index contributed by atoms with van der Waals surface area (Å²) >= 11 is 1.34. The molecule has 0 bridgehead atoms. The van der Waals surface area contributed by atoms with Crippen molar-refractivity contribution in [2.75, 3.05) is 18.8 Å². The van der Waals surface area contributed by atoms with Crippen LogP contribution in [0.15, 0.2) is 33.9 Å². The van der Waals surface area contributed by atoms with Gasteiger partial charge < -0.3 is 14.1 Å². The van der Waals surface area contributed by atoms with Crippen LogP contribution in [0.1, 0.15) is 13.8 Å². The predicted octanol–water partition coefficient (Wildman–Crippen LogP) is 2.56. The standard InChI is InChI=1S/C15H18N2O3S/c1-10-7-17(8-11(2)19-10)14(18)9-21-15-16-12-5-3-4-6-13(12)20-15/h3-6,10-11H,7-9H2,1-2H3/t10-,11-/m0/s1. The van der Waals surface area contributed by atoms with Gasteiger partial charge in [0.1, 0.15) is 5.52 Å². The van der Waals surface area contributed by atoms with Crippen LogP contribution in [0.25, 0.3) is 11.1 Å². The number of benzene rings is 1. The van der Waals surface area contributed by atoms with Gasteiger partial charge in [-0.3, -0.25) is 4.79 Å². The highest BCUT2D eigenvalue weighted by Gasteiger charge is 2.26. The molecule has 1 amide bonds. The van der Waals surface area contributed by atoms with Crippen molar-refractivity contribution in [3.8, 4) is 0 Å². The fourth-order valence-corrected chi connectivity index (χ4v) is 3.25. The summed E-state index contributed by atoms with van der Waals surface area (Å²) in [5, 5.41) is 0.541. The first kappa shape index (κ1) is 14.4. The van der Waals surface area contributed by atoms with Crippen molar-refractivity contribution in [3.05, 3.63) is 24.3 Å². The van der Waals surface area contributed by atoms with E-state index < -0.39 is 0 Å². The average molecular weight is 306 g/mol. The number of aromatic nitrogens is 1. The molecule has 6 heteroatoms. The first-order chi connectivity index (χ1) is 10.1. The highest BCUT2D eigenvalue weighted by atomic mass is 32.2. The summed E-state index contributed by atoms with van der Waals surface area (Å²) in [4.78, 5) is 18.5. The Morgan fingerprint density at radius 3 is 2.76 bits per heavy atom. The molecule has 3 rings (SSSR count). The van der Waals surface area contributed by atoms with Crippen LogP contribution in [0.2, 0.25) is 0 Å². The Bertz CT molecular complexity index is 600. The molecule has 1 aliphatic rings. The van der Waals surface area contributed by atoms with Crippen LogP contribution in [0.4, 0.5) is 0 Å². The van der Waals surface area contributed by atoms with Crippen molar-refractivity contribution in [2.24, 2.45) is 0 Å². The van der Waals surface area contributed by atoms with E-state index in [9.17, 15) is 4.79 Å². The number of amides is 1. The minimum Gasteiger partial charge on any atom is -0.431 e. The van der Waals surface area contributed by atoms with E-state index in [1.165, 1.54) is 11.8 Å². The number of fused-ring (bicyclic) bond motifs is 1. The number of ether oxygens (including phenoxy) is 1. The van der Waals surface area contributed by atoms with Gasteiger partial charge in [-0.25, -0.2) is 4.98 Å². The van der Waals surface area contributed by atoms with Gasteiger partial charge in [-0.1, -0.05) is 23.9 Å². The highest BCUT2D eigenvalue weighted by molar-refractivity contribution is 7.99. The van der Waals surface area contributed by atoms with E-state index in [2.05, 4.69) is 4.98 Å². The van der Waals surface area contributed by atoms with Crippen LogP contribution >= 0.6 is 11.8 Å². The number of carbonyl (C=O) groups is 1. The quantitative estimate of drug-likeness (QED) is 0.816. The van der Waals surface area contributed by atoms with Crippen molar-refractivity contribution in [1.82, 2.24) is 9.88 Å². The molecule has 0 N–H and O–H groups in total. The number of hydrogen-bond acceptors (Lipinski definition) is 5. The van der Waals surface area contributed by atoms with Crippen molar-refractivity contribution in [3.63, 3.8) is 0 Å². The molecule has 0 saturated carbocycles. The fraction of sp³-hybridized carbons (Fsp3) is 0.467. The number of oxazole rings is 1. The molecule has 1 fully saturated rings. The van der Waals surface area contributed by atoms with E-state index in [4.69, 9.17) is 9.15 Å². The highest BCUT2D eigenvalue weighted by Crippen LogP contribution is 2.23. The molecule has 2 heterocycles. The zero-order chi connectivity index (χ0) is 14.8. The maximum atomic E-state index is 12.3. The SMILES string of the molecule is C[C@H]1CN(C(=O)CSc2nc3ccccc3o2)C[C@H](C)O1. The van der Waals surface area contributed by atoms with Crippen LogP contribution in [0, 0.1) is 0 Å². The fourth-order valence-electron chi connectivity index (χ4n) is 2.51. The first-order valence-electron chi connectivity index (χ1n) is 7.03. The van der Waals surface area contributed by atoms with Crippen LogP contribution < -0.4 is 0 Å². The minimum absolute atomic E-state index is 0.0898. The summed E-state index contributed by atoms with van der Waals surface area (Å²) in [7, 11) is 0. The van der Waals surface area contributed by atoms with Gasteiger partial charge in [-0.15, -0.1) is 0 Å². The summed E-state index contributed by atoms with van der Waals surface area (Å²) in [6.07, 6.45) is 0.180. The van der Waals surface area contributed by atoms with Crippen LogP contribution in [0.5, 0.6) is 0 Å². The van der Waals surface area contributed by atoms with Gasteiger partial charge in [-0.05, 0) is 26.0 Å². The Balaban J connectivity index is 1.60. The molecule has 1 aliphatic heterocycles. The Morgan fingerprint density at radius 2 is 2.05 bits per heavy atom. The molecule has 5 nitrogen and oxygen atoms in total. The van der Waals surface area contributed by atoms with Gasteiger partial charge in [-0.2, -0.15) is 0 Å². The largest absolute Gasteiger partial charge is 0.431 e. The number of carbonyl (C=O) groups excluding carboxylic acids is 1. The van der Waals surface area contributed by atoms with E-state index >= 15 is 0 Å². The van der Waals surface area contributed by atoms with E-state index in [0.29, 0.717) is 24.1 Å². The summed E-state index contributed by atoms with van der Waals surface area (Å²) < 4.78 is 11.2. The minimum atomic E-state index is 0.0898. The van der Waals surface area contributed by atoms with Crippen molar-refractivity contribution in [2.45, 2.75) is 31.3 Å². The zero-order valence-corrected chi connectivity index (χ0v) is 12.9. The number of nitrogens with zero attached hydrogens (tertiary/aromatic N) is 2. The monoisotopic (exact) mass is 306 g/mol. The Morgan fingerprint density at radius 1 is 1.33 bits per heavy atom. The lowest BCUT2D eigenvalue weighted by molar-refractivity contribution is -0.140. The third-order valence-electron chi connectivity index (χ3n) is 3.37. The summed E-state index contributed by atoms with van der Waals surface area (Å²) in [5.74, 6) is 0.441. The molecular weight excluding hydrogens is 288 g/mol. The number of morpholine rings is 1. The van der Waals surface area contributed by atoms with E-state index in [0.717, 1.165) is 11.1 Å². The number of thioether (sulfide) groups is 1.